The first-order valence-electron chi connectivity index (χ1n) is 8.45. The zero-order chi connectivity index (χ0) is 18.5. The molecule has 1 heterocycles. The number of hydrogen-bond donors (Lipinski definition) is 2. The van der Waals surface area contributed by atoms with Gasteiger partial charge in [0.15, 0.2) is 5.11 Å². The molecule has 0 aromatic heterocycles. The van der Waals surface area contributed by atoms with E-state index < -0.39 is 0 Å². The molecule has 0 atom stereocenters. The molecule has 3 rings (SSSR count). The molecule has 1 amide bonds. The van der Waals surface area contributed by atoms with Crippen molar-refractivity contribution in [3.05, 3.63) is 57.5 Å². The van der Waals surface area contributed by atoms with Gasteiger partial charge in [-0.05, 0) is 73.9 Å². The average Bonchev–Trinajstić information content (AvgIpc) is 2.65. The fourth-order valence-electron chi connectivity index (χ4n) is 2.91. The van der Waals surface area contributed by atoms with E-state index in [0.29, 0.717) is 10.6 Å². The summed E-state index contributed by atoms with van der Waals surface area (Å²) in [5.74, 6) is -0.348. The summed E-state index contributed by atoms with van der Waals surface area (Å²) in [5.41, 5.74) is 2.41. The average molecular weight is 453 g/mol. The third kappa shape index (κ3) is 4.96. The van der Waals surface area contributed by atoms with Crippen LogP contribution in [0.15, 0.2) is 46.9 Å². The van der Waals surface area contributed by atoms with E-state index >= 15 is 0 Å². The van der Waals surface area contributed by atoms with Crippen molar-refractivity contribution in [3.8, 4) is 0 Å². The van der Waals surface area contributed by atoms with Crippen LogP contribution in [0.5, 0.6) is 0 Å². The molecule has 0 saturated carbocycles. The number of halogens is 2. The van der Waals surface area contributed by atoms with Crippen LogP contribution in [0.3, 0.4) is 0 Å². The van der Waals surface area contributed by atoms with Gasteiger partial charge in [-0.2, -0.15) is 0 Å². The predicted molar refractivity (Wildman–Crippen MR) is 115 cm³/mol. The van der Waals surface area contributed by atoms with Gasteiger partial charge in [-0.25, -0.2) is 0 Å². The van der Waals surface area contributed by atoms with Gasteiger partial charge >= 0.3 is 0 Å². The molecular formula is C19H19BrClN3OS. The summed E-state index contributed by atoms with van der Waals surface area (Å²) >= 11 is 14.6. The number of carbonyl (C=O) groups is 1. The van der Waals surface area contributed by atoms with E-state index in [1.807, 2.05) is 12.1 Å². The number of hydrogen-bond acceptors (Lipinski definition) is 3. The molecule has 7 heteroatoms. The number of amides is 1. The Morgan fingerprint density at radius 3 is 2.46 bits per heavy atom. The summed E-state index contributed by atoms with van der Waals surface area (Å²) in [6, 6.07) is 13.2. The Kier molecular flexibility index (Phi) is 6.51. The van der Waals surface area contributed by atoms with Gasteiger partial charge in [0.05, 0.1) is 10.6 Å². The van der Waals surface area contributed by atoms with E-state index in [4.69, 9.17) is 23.8 Å². The van der Waals surface area contributed by atoms with E-state index in [-0.39, 0.29) is 11.0 Å². The van der Waals surface area contributed by atoms with E-state index in [1.54, 1.807) is 18.2 Å². The zero-order valence-electron chi connectivity index (χ0n) is 14.1. The third-order valence-corrected chi connectivity index (χ3v) is 5.27. The topological polar surface area (TPSA) is 44.4 Å². The second-order valence-corrected chi connectivity index (χ2v) is 7.86. The van der Waals surface area contributed by atoms with E-state index in [2.05, 4.69) is 43.6 Å². The molecule has 2 aromatic carbocycles. The molecular weight excluding hydrogens is 434 g/mol. The lowest BCUT2D eigenvalue weighted by molar-refractivity contribution is 0.0978. The van der Waals surface area contributed by atoms with Gasteiger partial charge in [0.25, 0.3) is 5.91 Å². The standard InChI is InChI=1S/C19H19BrClN3OS/c20-13-4-9-17(21)16(12-13)18(25)23-19(26)22-14-5-7-15(8-6-14)24-10-2-1-3-11-24/h4-9,12H,1-3,10-11H2,(H2,22,23,25,26). The van der Waals surface area contributed by atoms with Crippen molar-refractivity contribution in [2.75, 3.05) is 23.3 Å². The van der Waals surface area contributed by atoms with Crippen molar-refractivity contribution in [2.45, 2.75) is 19.3 Å². The quantitative estimate of drug-likeness (QED) is 0.627. The summed E-state index contributed by atoms with van der Waals surface area (Å²) in [5, 5.41) is 6.30. The van der Waals surface area contributed by atoms with Crippen LogP contribution in [0, 0.1) is 0 Å². The Morgan fingerprint density at radius 2 is 1.77 bits per heavy atom. The number of anilines is 2. The van der Waals surface area contributed by atoms with Gasteiger partial charge in [0.2, 0.25) is 0 Å². The lowest BCUT2D eigenvalue weighted by Gasteiger charge is -2.28. The third-order valence-electron chi connectivity index (χ3n) is 4.25. The molecule has 1 fully saturated rings. The van der Waals surface area contributed by atoms with Gasteiger partial charge in [0, 0.05) is 28.9 Å². The molecule has 0 unspecified atom stereocenters. The number of thiocarbonyl (C=S) groups is 1. The van der Waals surface area contributed by atoms with Crippen molar-refractivity contribution >= 4 is 62.1 Å². The number of nitrogens with one attached hydrogen (secondary N) is 2. The first kappa shape index (κ1) is 19.1. The monoisotopic (exact) mass is 451 g/mol. The largest absolute Gasteiger partial charge is 0.372 e. The van der Waals surface area contributed by atoms with Gasteiger partial charge < -0.3 is 10.2 Å². The Labute approximate surface area is 172 Å². The summed E-state index contributed by atoms with van der Waals surface area (Å²) in [6.45, 7) is 2.21. The van der Waals surface area contributed by atoms with Gasteiger partial charge in [-0.15, -0.1) is 0 Å². The van der Waals surface area contributed by atoms with Crippen LogP contribution < -0.4 is 15.5 Å². The lowest BCUT2D eigenvalue weighted by Crippen LogP contribution is -2.34. The minimum atomic E-state index is -0.348. The Hall–Kier alpha value is -1.63. The van der Waals surface area contributed by atoms with Crippen LogP contribution in [0.25, 0.3) is 0 Å². The second kappa shape index (κ2) is 8.84. The molecule has 2 N–H and O–H groups in total. The summed E-state index contributed by atoms with van der Waals surface area (Å²) < 4.78 is 0.777. The van der Waals surface area contributed by atoms with Crippen LogP contribution in [-0.2, 0) is 0 Å². The first-order valence-corrected chi connectivity index (χ1v) is 10.0. The van der Waals surface area contributed by atoms with E-state index in [1.165, 1.54) is 24.9 Å². The maximum absolute atomic E-state index is 12.3. The molecule has 26 heavy (non-hydrogen) atoms. The zero-order valence-corrected chi connectivity index (χ0v) is 17.3. The van der Waals surface area contributed by atoms with Gasteiger partial charge in [-0.3, -0.25) is 10.1 Å². The van der Waals surface area contributed by atoms with E-state index in [0.717, 1.165) is 23.2 Å². The number of benzene rings is 2. The smallest absolute Gasteiger partial charge is 0.258 e. The molecule has 4 nitrogen and oxygen atoms in total. The second-order valence-electron chi connectivity index (χ2n) is 6.13. The first-order chi connectivity index (χ1) is 12.5. The van der Waals surface area contributed by atoms with Crippen LogP contribution in [0.4, 0.5) is 11.4 Å². The molecule has 0 radical (unpaired) electrons. The highest BCUT2D eigenvalue weighted by Crippen LogP contribution is 2.22. The Bertz CT molecular complexity index is 807. The SMILES string of the molecule is O=C(NC(=S)Nc1ccc(N2CCCCC2)cc1)c1cc(Br)ccc1Cl. The summed E-state index contributed by atoms with van der Waals surface area (Å²) in [4.78, 5) is 14.7. The van der Waals surface area contributed by atoms with E-state index in [9.17, 15) is 4.79 Å². The fraction of sp³-hybridized carbons (Fsp3) is 0.263. The minimum absolute atomic E-state index is 0.233. The molecule has 2 aromatic rings. The number of nitrogens with zero attached hydrogens (tertiary/aromatic N) is 1. The molecule has 0 aliphatic carbocycles. The summed E-state index contributed by atoms with van der Waals surface area (Å²) in [7, 11) is 0. The molecule has 0 bridgehead atoms. The van der Waals surface area contributed by atoms with Crippen LogP contribution in [0.2, 0.25) is 5.02 Å². The minimum Gasteiger partial charge on any atom is -0.372 e. The predicted octanol–water partition coefficient (Wildman–Crippen LogP) is 5.22. The Morgan fingerprint density at radius 1 is 1.08 bits per heavy atom. The van der Waals surface area contributed by atoms with Crippen molar-refractivity contribution in [1.82, 2.24) is 5.32 Å². The maximum Gasteiger partial charge on any atom is 0.258 e. The lowest BCUT2D eigenvalue weighted by atomic mass is 10.1. The Balaban J connectivity index is 1.59. The van der Waals surface area contributed by atoms with Gasteiger partial charge in [0.1, 0.15) is 0 Å². The van der Waals surface area contributed by atoms with Crippen molar-refractivity contribution in [3.63, 3.8) is 0 Å². The highest BCUT2D eigenvalue weighted by atomic mass is 79.9. The number of rotatable bonds is 3. The highest BCUT2D eigenvalue weighted by molar-refractivity contribution is 9.10. The van der Waals surface area contributed by atoms with Crippen LogP contribution in [-0.4, -0.2) is 24.1 Å². The van der Waals surface area contributed by atoms with Crippen molar-refractivity contribution < 1.29 is 4.79 Å². The molecule has 0 spiro atoms. The van der Waals surface area contributed by atoms with Gasteiger partial charge in [-0.1, -0.05) is 27.5 Å². The molecule has 1 aliphatic rings. The fourth-order valence-corrected chi connectivity index (χ4v) is 3.69. The number of carbonyl (C=O) groups excluding carboxylic acids is 1. The molecule has 1 saturated heterocycles. The van der Waals surface area contributed by atoms with Crippen molar-refractivity contribution in [2.24, 2.45) is 0 Å². The van der Waals surface area contributed by atoms with Crippen LogP contribution in [0.1, 0.15) is 29.6 Å². The molecule has 1 aliphatic heterocycles. The molecule has 136 valence electrons. The van der Waals surface area contributed by atoms with Crippen molar-refractivity contribution in [1.29, 1.82) is 0 Å². The summed E-state index contributed by atoms with van der Waals surface area (Å²) in [6.07, 6.45) is 3.80. The normalized spacial score (nSPS) is 14.0. The maximum atomic E-state index is 12.3. The van der Waals surface area contributed by atoms with Crippen LogP contribution >= 0.6 is 39.7 Å². The number of piperidine rings is 1. The highest BCUT2D eigenvalue weighted by Gasteiger charge is 2.13.